The van der Waals surface area contributed by atoms with Gasteiger partial charge in [-0.2, -0.15) is 11.8 Å². The number of hydrogen-bond acceptors (Lipinski definition) is 5. The van der Waals surface area contributed by atoms with Crippen LogP contribution in [0.2, 0.25) is 0 Å². The predicted molar refractivity (Wildman–Crippen MR) is 78.6 cm³/mol. The first-order chi connectivity index (χ1) is 8.72. The Balaban J connectivity index is 2.76. The minimum atomic E-state index is -0.650. The number of rotatable bonds is 4. The average molecular weight is 285 g/mol. The molecule has 19 heavy (non-hydrogen) atoms. The van der Waals surface area contributed by atoms with E-state index in [-0.39, 0.29) is 16.2 Å². The van der Waals surface area contributed by atoms with Gasteiger partial charge in [0.1, 0.15) is 5.56 Å². The van der Waals surface area contributed by atoms with Gasteiger partial charge >= 0.3 is 5.69 Å². The lowest BCUT2D eigenvalue weighted by molar-refractivity contribution is 0.417. The normalized spacial score (nSPS) is 12.2. The number of aliphatic imine (C=N–C) groups is 1. The highest BCUT2D eigenvalue weighted by Crippen LogP contribution is 2.22. The van der Waals surface area contributed by atoms with Gasteiger partial charge < -0.3 is 5.11 Å². The van der Waals surface area contributed by atoms with Crippen LogP contribution in [0, 0.1) is 0 Å². The van der Waals surface area contributed by atoms with Gasteiger partial charge in [-0.25, -0.2) is 4.79 Å². The zero-order valence-electron chi connectivity index (χ0n) is 11.6. The van der Waals surface area contributed by atoms with Crippen molar-refractivity contribution in [1.29, 1.82) is 0 Å². The van der Waals surface area contributed by atoms with Gasteiger partial charge in [-0.15, -0.1) is 0 Å². The van der Waals surface area contributed by atoms with E-state index in [1.807, 2.05) is 0 Å². The Hall–Kier alpha value is -1.50. The minimum Gasteiger partial charge on any atom is -0.494 e. The van der Waals surface area contributed by atoms with E-state index in [1.165, 1.54) is 13.3 Å². The van der Waals surface area contributed by atoms with Crippen LogP contribution in [0.5, 0.6) is 5.88 Å². The lowest BCUT2D eigenvalue weighted by Gasteiger charge is -2.16. The van der Waals surface area contributed by atoms with Crippen molar-refractivity contribution in [3.63, 3.8) is 0 Å². The molecule has 1 aromatic heterocycles. The molecule has 1 rings (SSSR count). The third kappa shape index (κ3) is 4.59. The molecule has 6 nitrogen and oxygen atoms in total. The summed E-state index contributed by atoms with van der Waals surface area (Å²) in [7, 11) is 1.38. The van der Waals surface area contributed by atoms with Crippen LogP contribution in [0.1, 0.15) is 26.3 Å². The molecule has 0 aliphatic rings. The quantitative estimate of drug-likeness (QED) is 0.630. The molecule has 1 heterocycles. The minimum absolute atomic E-state index is 0.00265. The fraction of sp³-hybridized carbons (Fsp3) is 0.583. The summed E-state index contributed by atoms with van der Waals surface area (Å²) >= 11 is 1.77. The summed E-state index contributed by atoms with van der Waals surface area (Å²) < 4.78 is 1.14. The van der Waals surface area contributed by atoms with Crippen LogP contribution >= 0.6 is 11.8 Å². The van der Waals surface area contributed by atoms with Crippen molar-refractivity contribution < 1.29 is 5.11 Å². The summed E-state index contributed by atoms with van der Waals surface area (Å²) in [5.41, 5.74) is -1.28. The Morgan fingerprint density at radius 1 is 1.42 bits per heavy atom. The number of aromatic nitrogens is 2. The van der Waals surface area contributed by atoms with Gasteiger partial charge in [0, 0.05) is 30.3 Å². The first-order valence-corrected chi connectivity index (χ1v) is 6.87. The van der Waals surface area contributed by atoms with Gasteiger partial charge in [-0.3, -0.25) is 19.3 Å². The van der Waals surface area contributed by atoms with Crippen molar-refractivity contribution in [1.82, 2.24) is 9.55 Å². The second-order valence-electron chi connectivity index (χ2n) is 5.05. The molecule has 1 aromatic rings. The van der Waals surface area contributed by atoms with Crippen LogP contribution in [-0.2, 0) is 7.05 Å². The molecule has 106 valence electrons. The van der Waals surface area contributed by atoms with Gasteiger partial charge in [0.2, 0.25) is 5.88 Å². The van der Waals surface area contributed by atoms with Crippen molar-refractivity contribution in [2.75, 3.05) is 12.3 Å². The van der Waals surface area contributed by atoms with Gasteiger partial charge in [-0.1, -0.05) is 20.8 Å². The number of aromatic hydroxyl groups is 1. The molecule has 0 aliphatic carbocycles. The summed E-state index contributed by atoms with van der Waals surface area (Å²) in [6.45, 7) is 6.89. The van der Waals surface area contributed by atoms with Gasteiger partial charge in [0.15, 0.2) is 0 Å². The van der Waals surface area contributed by atoms with E-state index < -0.39 is 11.2 Å². The van der Waals surface area contributed by atoms with Crippen LogP contribution in [0.3, 0.4) is 0 Å². The van der Waals surface area contributed by atoms with Crippen molar-refractivity contribution in [3.05, 3.63) is 26.4 Å². The molecule has 0 unspecified atom stereocenters. The Morgan fingerprint density at radius 3 is 2.63 bits per heavy atom. The van der Waals surface area contributed by atoms with E-state index >= 15 is 0 Å². The Kier molecular flexibility index (Phi) is 4.99. The Bertz CT molecular complexity index is 581. The molecular weight excluding hydrogens is 266 g/mol. The van der Waals surface area contributed by atoms with Crippen molar-refractivity contribution >= 4 is 18.0 Å². The van der Waals surface area contributed by atoms with Crippen LogP contribution in [0.25, 0.3) is 0 Å². The highest BCUT2D eigenvalue weighted by atomic mass is 32.2. The summed E-state index contributed by atoms with van der Waals surface area (Å²) in [5.74, 6) is 0.450. The predicted octanol–water partition coefficient (Wildman–Crippen LogP) is 0.730. The third-order valence-corrected chi connectivity index (χ3v) is 3.56. The van der Waals surface area contributed by atoms with Gasteiger partial charge in [-0.05, 0) is 0 Å². The van der Waals surface area contributed by atoms with Crippen LogP contribution in [0.4, 0.5) is 0 Å². The van der Waals surface area contributed by atoms with Crippen LogP contribution in [0.15, 0.2) is 14.6 Å². The molecular formula is C12H19N3O3S. The number of hydrogen-bond donors (Lipinski definition) is 2. The monoisotopic (exact) mass is 285 g/mol. The van der Waals surface area contributed by atoms with Crippen molar-refractivity contribution in [2.24, 2.45) is 12.0 Å². The molecule has 0 saturated heterocycles. The number of aromatic amines is 1. The topological polar surface area (TPSA) is 87.4 Å². The highest BCUT2D eigenvalue weighted by molar-refractivity contribution is 8.00. The molecule has 0 spiro atoms. The van der Waals surface area contributed by atoms with Gasteiger partial charge in [0.25, 0.3) is 5.56 Å². The fourth-order valence-electron chi connectivity index (χ4n) is 1.30. The van der Waals surface area contributed by atoms with E-state index in [0.717, 1.165) is 10.3 Å². The fourth-order valence-corrected chi connectivity index (χ4v) is 2.11. The molecule has 0 aromatic carbocycles. The SMILES string of the molecule is Cn1c(O)c(C=NCCSC(C)(C)C)c(=O)[nH]c1=O. The summed E-state index contributed by atoms with van der Waals surface area (Å²) in [4.78, 5) is 28.9. The number of thioether (sulfide) groups is 1. The summed E-state index contributed by atoms with van der Waals surface area (Å²) in [5, 5.41) is 9.69. The zero-order valence-corrected chi connectivity index (χ0v) is 12.4. The molecule has 0 radical (unpaired) electrons. The van der Waals surface area contributed by atoms with E-state index in [0.29, 0.717) is 6.54 Å². The highest BCUT2D eigenvalue weighted by Gasteiger charge is 2.10. The molecule has 0 atom stereocenters. The first-order valence-electron chi connectivity index (χ1n) is 5.88. The molecule has 0 bridgehead atoms. The summed E-state index contributed by atoms with van der Waals surface area (Å²) in [6.07, 6.45) is 1.30. The number of H-pyrrole nitrogens is 1. The number of nitrogens with one attached hydrogen (secondary N) is 1. The van der Waals surface area contributed by atoms with E-state index in [1.54, 1.807) is 11.8 Å². The maximum Gasteiger partial charge on any atom is 0.330 e. The van der Waals surface area contributed by atoms with Crippen LogP contribution < -0.4 is 11.2 Å². The molecule has 2 N–H and O–H groups in total. The van der Waals surface area contributed by atoms with Crippen molar-refractivity contribution in [2.45, 2.75) is 25.5 Å². The molecule has 0 aliphatic heterocycles. The lowest BCUT2D eigenvalue weighted by Crippen LogP contribution is -2.30. The van der Waals surface area contributed by atoms with E-state index in [9.17, 15) is 14.7 Å². The first kappa shape index (κ1) is 15.6. The maximum atomic E-state index is 11.5. The lowest BCUT2D eigenvalue weighted by atomic mass is 10.3. The van der Waals surface area contributed by atoms with E-state index in [4.69, 9.17) is 0 Å². The Labute approximate surface area is 115 Å². The van der Waals surface area contributed by atoms with Crippen molar-refractivity contribution in [3.8, 4) is 5.88 Å². The molecule has 0 fully saturated rings. The Morgan fingerprint density at radius 2 is 2.05 bits per heavy atom. The zero-order chi connectivity index (χ0) is 14.6. The third-order valence-electron chi connectivity index (χ3n) is 2.30. The second kappa shape index (κ2) is 6.10. The van der Waals surface area contributed by atoms with Crippen LogP contribution in [-0.4, -0.2) is 37.9 Å². The largest absolute Gasteiger partial charge is 0.494 e. The smallest absolute Gasteiger partial charge is 0.330 e. The number of nitrogens with zero attached hydrogens (tertiary/aromatic N) is 2. The average Bonchev–Trinajstić information content (AvgIpc) is 2.28. The standard InChI is InChI=1S/C12H19N3O3S/c1-12(2,3)19-6-5-13-7-8-9(16)14-11(18)15(4)10(8)17/h7,17H,5-6H2,1-4H3,(H,14,16,18). The van der Waals surface area contributed by atoms with Gasteiger partial charge in [0.05, 0.1) is 0 Å². The maximum absolute atomic E-state index is 11.5. The second-order valence-corrected chi connectivity index (χ2v) is 6.97. The van der Waals surface area contributed by atoms with E-state index in [2.05, 4.69) is 30.7 Å². The molecule has 0 amide bonds. The molecule has 0 saturated carbocycles. The molecule has 7 heteroatoms. The summed E-state index contributed by atoms with van der Waals surface area (Å²) in [6, 6.07) is 0.